The molecule has 0 unspecified atom stereocenters. The van der Waals surface area contributed by atoms with Gasteiger partial charge in [-0.05, 0) is 12.1 Å². The lowest BCUT2D eigenvalue weighted by Crippen LogP contribution is -2.37. The van der Waals surface area contributed by atoms with Crippen LogP contribution in [0.3, 0.4) is 0 Å². The number of aliphatic carboxylic acids is 1. The second kappa shape index (κ2) is 6.21. The van der Waals surface area contributed by atoms with Crippen molar-refractivity contribution in [1.82, 2.24) is 4.90 Å². The number of para-hydroxylation sites is 1. The molecule has 106 valence electrons. The number of carboxylic acids is 1. The number of hydrogen-bond donors (Lipinski definition) is 1. The van der Waals surface area contributed by atoms with E-state index in [1.54, 1.807) is 18.2 Å². The molecule has 0 bridgehead atoms. The number of methoxy groups -OCH3 is 1. The zero-order valence-electron chi connectivity index (χ0n) is 11.0. The number of benzene rings is 1. The van der Waals surface area contributed by atoms with E-state index in [-0.39, 0.29) is 25.5 Å². The minimum absolute atomic E-state index is 0.128. The van der Waals surface area contributed by atoms with Crippen LogP contribution in [-0.2, 0) is 9.53 Å². The van der Waals surface area contributed by atoms with E-state index in [9.17, 15) is 9.59 Å². The summed E-state index contributed by atoms with van der Waals surface area (Å²) in [5.74, 6) is -1.41. The molecule has 1 N–H and O–H groups in total. The van der Waals surface area contributed by atoms with Crippen molar-refractivity contribution >= 4 is 22.8 Å². The van der Waals surface area contributed by atoms with E-state index in [0.29, 0.717) is 5.58 Å². The lowest BCUT2D eigenvalue weighted by atomic mass is 10.2. The van der Waals surface area contributed by atoms with E-state index >= 15 is 0 Å². The van der Waals surface area contributed by atoms with Gasteiger partial charge in [-0.15, -0.1) is 0 Å². The van der Waals surface area contributed by atoms with Crippen molar-refractivity contribution in [1.29, 1.82) is 0 Å². The molecule has 0 saturated carbocycles. The van der Waals surface area contributed by atoms with Crippen LogP contribution in [-0.4, -0.2) is 48.7 Å². The predicted octanol–water partition coefficient (Wildman–Crippen LogP) is 1.61. The van der Waals surface area contributed by atoms with Crippen LogP contribution in [0.25, 0.3) is 11.0 Å². The first-order chi connectivity index (χ1) is 9.61. The highest BCUT2D eigenvalue weighted by Crippen LogP contribution is 2.20. The predicted molar refractivity (Wildman–Crippen MR) is 71.6 cm³/mol. The van der Waals surface area contributed by atoms with Gasteiger partial charge in [-0.2, -0.15) is 0 Å². The van der Waals surface area contributed by atoms with Gasteiger partial charge in [0.1, 0.15) is 12.1 Å². The van der Waals surface area contributed by atoms with Crippen LogP contribution in [0.1, 0.15) is 10.6 Å². The number of carbonyl (C=O) groups excluding carboxylic acids is 1. The van der Waals surface area contributed by atoms with Gasteiger partial charge in [0.2, 0.25) is 0 Å². The van der Waals surface area contributed by atoms with E-state index < -0.39 is 11.9 Å². The van der Waals surface area contributed by atoms with Crippen LogP contribution in [0.15, 0.2) is 34.7 Å². The zero-order valence-corrected chi connectivity index (χ0v) is 11.0. The topological polar surface area (TPSA) is 80.0 Å². The Morgan fingerprint density at radius 1 is 1.35 bits per heavy atom. The number of ether oxygens (including phenoxy) is 1. The third kappa shape index (κ3) is 3.16. The van der Waals surface area contributed by atoms with Crippen LogP contribution < -0.4 is 0 Å². The Morgan fingerprint density at radius 3 is 2.75 bits per heavy atom. The van der Waals surface area contributed by atoms with Gasteiger partial charge in [0.15, 0.2) is 5.76 Å². The molecule has 0 atom stereocenters. The van der Waals surface area contributed by atoms with E-state index in [4.69, 9.17) is 14.3 Å². The monoisotopic (exact) mass is 277 g/mol. The molecule has 6 nitrogen and oxygen atoms in total. The van der Waals surface area contributed by atoms with Gasteiger partial charge < -0.3 is 19.2 Å². The summed E-state index contributed by atoms with van der Waals surface area (Å²) in [6.45, 7) is 0.0666. The standard InChI is InChI=1S/C14H15NO5/c1-19-7-6-15(9-13(16)17)14(18)12-8-10-4-2-3-5-11(10)20-12/h2-5,8H,6-7,9H2,1H3,(H,16,17). The molecule has 0 saturated heterocycles. The van der Waals surface area contributed by atoms with Crippen molar-refractivity contribution in [3.8, 4) is 0 Å². The maximum absolute atomic E-state index is 12.3. The average molecular weight is 277 g/mol. The summed E-state index contributed by atoms with van der Waals surface area (Å²) in [7, 11) is 1.49. The van der Waals surface area contributed by atoms with Crippen molar-refractivity contribution in [2.24, 2.45) is 0 Å². The summed E-state index contributed by atoms with van der Waals surface area (Å²) in [5.41, 5.74) is 0.595. The Hall–Kier alpha value is -2.34. The molecule has 0 radical (unpaired) electrons. The molecule has 2 aromatic rings. The molecule has 0 spiro atoms. The van der Waals surface area contributed by atoms with Gasteiger partial charge in [0, 0.05) is 19.0 Å². The van der Waals surface area contributed by atoms with E-state index in [1.165, 1.54) is 12.0 Å². The summed E-state index contributed by atoms with van der Waals surface area (Å²) in [5, 5.41) is 9.66. The third-order valence-electron chi connectivity index (χ3n) is 2.81. The number of amides is 1. The fourth-order valence-electron chi connectivity index (χ4n) is 1.86. The lowest BCUT2D eigenvalue weighted by Gasteiger charge is -2.18. The number of nitrogens with zero attached hydrogens (tertiary/aromatic N) is 1. The SMILES string of the molecule is COCCN(CC(=O)O)C(=O)c1cc2ccccc2o1. The summed E-state index contributed by atoms with van der Waals surface area (Å²) in [6.07, 6.45) is 0. The van der Waals surface area contributed by atoms with Crippen molar-refractivity contribution in [2.75, 3.05) is 26.8 Å². The Morgan fingerprint density at radius 2 is 2.10 bits per heavy atom. The van der Waals surface area contributed by atoms with Crippen molar-refractivity contribution in [3.63, 3.8) is 0 Å². The second-order valence-corrected chi connectivity index (χ2v) is 4.26. The Kier molecular flexibility index (Phi) is 4.37. The molecule has 20 heavy (non-hydrogen) atoms. The maximum atomic E-state index is 12.3. The number of hydrogen-bond acceptors (Lipinski definition) is 4. The Labute approximate surface area is 115 Å². The molecular formula is C14H15NO5. The van der Waals surface area contributed by atoms with Crippen LogP contribution in [0.2, 0.25) is 0 Å². The van der Waals surface area contributed by atoms with Crippen LogP contribution in [0, 0.1) is 0 Å². The first-order valence-electron chi connectivity index (χ1n) is 6.10. The molecule has 6 heteroatoms. The first-order valence-corrected chi connectivity index (χ1v) is 6.10. The molecule has 0 fully saturated rings. The molecule has 0 aliphatic heterocycles. The molecular weight excluding hydrogens is 262 g/mol. The third-order valence-corrected chi connectivity index (χ3v) is 2.81. The lowest BCUT2D eigenvalue weighted by molar-refractivity contribution is -0.137. The van der Waals surface area contributed by atoms with Gasteiger partial charge in [0.25, 0.3) is 5.91 Å². The molecule has 1 aromatic carbocycles. The minimum Gasteiger partial charge on any atom is -0.480 e. The average Bonchev–Trinajstić information content (AvgIpc) is 2.86. The maximum Gasteiger partial charge on any atom is 0.323 e. The van der Waals surface area contributed by atoms with Crippen molar-refractivity contribution in [2.45, 2.75) is 0 Å². The molecule has 1 amide bonds. The highest BCUT2D eigenvalue weighted by molar-refractivity contribution is 5.97. The molecule has 1 aromatic heterocycles. The van der Waals surface area contributed by atoms with Gasteiger partial charge in [-0.3, -0.25) is 9.59 Å². The normalized spacial score (nSPS) is 10.7. The Balaban J connectivity index is 2.22. The van der Waals surface area contributed by atoms with Crippen LogP contribution in [0.4, 0.5) is 0 Å². The van der Waals surface area contributed by atoms with Gasteiger partial charge in [0.05, 0.1) is 6.61 Å². The van der Waals surface area contributed by atoms with Crippen LogP contribution in [0.5, 0.6) is 0 Å². The Bertz CT molecular complexity index is 586. The van der Waals surface area contributed by atoms with Crippen molar-refractivity contribution in [3.05, 3.63) is 36.1 Å². The summed E-state index contributed by atoms with van der Waals surface area (Å²) in [6, 6.07) is 8.83. The highest BCUT2D eigenvalue weighted by atomic mass is 16.5. The number of carboxylic acid groups (broad SMARTS) is 1. The van der Waals surface area contributed by atoms with Gasteiger partial charge >= 0.3 is 5.97 Å². The number of fused-ring (bicyclic) bond motifs is 1. The molecule has 0 aliphatic carbocycles. The van der Waals surface area contributed by atoms with E-state index in [0.717, 1.165) is 5.39 Å². The highest BCUT2D eigenvalue weighted by Gasteiger charge is 2.21. The van der Waals surface area contributed by atoms with Crippen LogP contribution >= 0.6 is 0 Å². The number of furan rings is 1. The fraction of sp³-hybridized carbons (Fsp3) is 0.286. The molecule has 0 aliphatic rings. The van der Waals surface area contributed by atoms with E-state index in [2.05, 4.69) is 0 Å². The minimum atomic E-state index is -1.08. The van der Waals surface area contributed by atoms with Gasteiger partial charge in [-0.1, -0.05) is 18.2 Å². The molecule has 2 rings (SSSR count). The number of carbonyl (C=O) groups is 2. The smallest absolute Gasteiger partial charge is 0.323 e. The molecule has 1 heterocycles. The zero-order chi connectivity index (χ0) is 14.5. The van der Waals surface area contributed by atoms with Crippen molar-refractivity contribution < 1.29 is 23.8 Å². The largest absolute Gasteiger partial charge is 0.480 e. The van der Waals surface area contributed by atoms with E-state index in [1.807, 2.05) is 12.1 Å². The summed E-state index contributed by atoms with van der Waals surface area (Å²) >= 11 is 0. The number of rotatable bonds is 6. The first kappa shape index (κ1) is 14.1. The summed E-state index contributed by atoms with van der Waals surface area (Å²) in [4.78, 5) is 24.3. The quantitative estimate of drug-likeness (QED) is 0.867. The second-order valence-electron chi connectivity index (χ2n) is 4.26. The summed E-state index contributed by atoms with van der Waals surface area (Å²) < 4.78 is 10.3. The van der Waals surface area contributed by atoms with Gasteiger partial charge in [-0.25, -0.2) is 0 Å². The fourth-order valence-corrected chi connectivity index (χ4v) is 1.86.